The molecule has 10 heteroatoms. The fourth-order valence-corrected chi connectivity index (χ4v) is 4.72. The van der Waals surface area contributed by atoms with E-state index in [9.17, 15) is 22.8 Å². The van der Waals surface area contributed by atoms with Crippen molar-refractivity contribution in [2.75, 3.05) is 26.4 Å². The van der Waals surface area contributed by atoms with Gasteiger partial charge in [-0.15, -0.1) is 0 Å². The van der Waals surface area contributed by atoms with Crippen molar-refractivity contribution in [1.29, 1.82) is 0 Å². The van der Waals surface area contributed by atoms with Crippen LogP contribution in [0.4, 0.5) is 13.2 Å². The van der Waals surface area contributed by atoms with Crippen molar-refractivity contribution in [1.82, 2.24) is 15.1 Å². The number of ether oxygens (including phenoxy) is 2. The van der Waals surface area contributed by atoms with Crippen LogP contribution in [0.25, 0.3) is 0 Å². The summed E-state index contributed by atoms with van der Waals surface area (Å²) in [6.07, 6.45) is -1.31. The smallest absolute Gasteiger partial charge is 0.417 e. The number of nitrogens with zero attached hydrogens (tertiary/aromatic N) is 2. The molecule has 1 N–H and O–H groups in total. The first kappa shape index (κ1) is 24.3. The maximum absolute atomic E-state index is 13.2. The second kappa shape index (κ2) is 9.77. The van der Waals surface area contributed by atoms with Gasteiger partial charge in [0.1, 0.15) is 0 Å². The zero-order valence-electron chi connectivity index (χ0n) is 19.0. The number of amides is 1. The molecule has 34 heavy (non-hydrogen) atoms. The lowest BCUT2D eigenvalue weighted by molar-refractivity contribution is -0.138. The van der Waals surface area contributed by atoms with E-state index in [1.54, 1.807) is 4.68 Å². The number of fused-ring (bicyclic) bond motifs is 1. The maximum Gasteiger partial charge on any atom is 0.417 e. The molecular formula is C24H28F3N3O4. The normalized spacial score (nSPS) is 17.7. The standard InChI is InChI=1S/C24H28F3N3O4/c1-2-18-20-19(14-23(15-28-21(20)31)8-12-33-13-9-23)30(29-18)10-5-11-34-22(32)16-6-3-4-7-17(16)24(25,26)27/h3-4,6-7H,2,5,8-15H2,1H3,(H,28,31). The number of benzene rings is 1. The largest absolute Gasteiger partial charge is 0.462 e. The van der Waals surface area contributed by atoms with Gasteiger partial charge in [-0.1, -0.05) is 19.1 Å². The molecule has 1 fully saturated rings. The molecule has 0 bridgehead atoms. The second-order valence-corrected chi connectivity index (χ2v) is 8.85. The Balaban J connectivity index is 1.46. The van der Waals surface area contributed by atoms with Crippen molar-refractivity contribution in [3.63, 3.8) is 0 Å². The van der Waals surface area contributed by atoms with E-state index in [0.717, 1.165) is 30.7 Å². The summed E-state index contributed by atoms with van der Waals surface area (Å²) in [5.41, 5.74) is 0.583. The van der Waals surface area contributed by atoms with Gasteiger partial charge in [-0.05, 0) is 43.2 Å². The van der Waals surface area contributed by atoms with Crippen molar-refractivity contribution in [3.05, 3.63) is 52.3 Å². The van der Waals surface area contributed by atoms with E-state index in [-0.39, 0.29) is 17.9 Å². The minimum atomic E-state index is -4.64. The van der Waals surface area contributed by atoms with E-state index >= 15 is 0 Å². The van der Waals surface area contributed by atoms with E-state index in [1.807, 2.05) is 6.92 Å². The predicted molar refractivity (Wildman–Crippen MR) is 116 cm³/mol. The molecule has 2 aliphatic heterocycles. The third kappa shape index (κ3) is 4.96. The zero-order chi connectivity index (χ0) is 24.3. The van der Waals surface area contributed by atoms with Crippen LogP contribution in [0.3, 0.4) is 0 Å². The molecular weight excluding hydrogens is 451 g/mol. The van der Waals surface area contributed by atoms with E-state index < -0.39 is 23.3 Å². The number of hydrogen-bond donors (Lipinski definition) is 1. The van der Waals surface area contributed by atoms with Crippen LogP contribution in [0.5, 0.6) is 0 Å². The number of halogens is 3. The number of hydrogen-bond acceptors (Lipinski definition) is 5. The van der Waals surface area contributed by atoms with Crippen molar-refractivity contribution in [2.45, 2.75) is 51.7 Å². The molecule has 0 radical (unpaired) electrons. The molecule has 2 aliphatic rings. The lowest BCUT2D eigenvalue weighted by Crippen LogP contribution is -2.40. The second-order valence-electron chi connectivity index (χ2n) is 8.85. The summed E-state index contributed by atoms with van der Waals surface area (Å²) in [6, 6.07) is 4.57. The molecule has 1 saturated heterocycles. The number of carbonyl (C=O) groups is 2. The molecule has 1 spiro atoms. The number of carbonyl (C=O) groups excluding carboxylic acids is 2. The summed E-state index contributed by atoms with van der Waals surface area (Å²) < 4.78 is 52.0. The third-order valence-corrected chi connectivity index (χ3v) is 6.61. The predicted octanol–water partition coefficient (Wildman–Crippen LogP) is 3.79. The first-order chi connectivity index (χ1) is 16.2. The van der Waals surface area contributed by atoms with Gasteiger partial charge >= 0.3 is 12.1 Å². The Morgan fingerprint density at radius 2 is 2.00 bits per heavy atom. The third-order valence-electron chi connectivity index (χ3n) is 6.61. The zero-order valence-corrected chi connectivity index (χ0v) is 19.0. The summed E-state index contributed by atoms with van der Waals surface area (Å²) in [5, 5.41) is 7.69. The van der Waals surface area contributed by atoms with Gasteiger partial charge < -0.3 is 14.8 Å². The van der Waals surface area contributed by atoms with Crippen LogP contribution in [0.1, 0.15) is 63.9 Å². The van der Waals surface area contributed by atoms with Crippen LogP contribution in [0.15, 0.2) is 24.3 Å². The summed E-state index contributed by atoms with van der Waals surface area (Å²) in [7, 11) is 0. The molecule has 0 unspecified atom stereocenters. The molecule has 1 aromatic heterocycles. The topological polar surface area (TPSA) is 82.5 Å². The van der Waals surface area contributed by atoms with Gasteiger partial charge in [-0.3, -0.25) is 9.48 Å². The fraction of sp³-hybridized carbons (Fsp3) is 0.542. The summed E-state index contributed by atoms with van der Waals surface area (Å²) in [4.78, 5) is 25.1. The highest BCUT2D eigenvalue weighted by atomic mass is 19.4. The highest BCUT2D eigenvalue weighted by Crippen LogP contribution is 2.37. The van der Waals surface area contributed by atoms with Crippen molar-refractivity contribution in [2.24, 2.45) is 5.41 Å². The number of alkyl halides is 3. The van der Waals surface area contributed by atoms with E-state index in [4.69, 9.17) is 9.47 Å². The summed E-state index contributed by atoms with van der Waals surface area (Å²) >= 11 is 0. The average molecular weight is 479 g/mol. The van der Waals surface area contributed by atoms with Crippen molar-refractivity contribution < 1.29 is 32.2 Å². The number of rotatable bonds is 6. The van der Waals surface area contributed by atoms with Crippen molar-refractivity contribution in [3.8, 4) is 0 Å². The minimum Gasteiger partial charge on any atom is -0.462 e. The highest BCUT2D eigenvalue weighted by Gasteiger charge is 2.39. The summed E-state index contributed by atoms with van der Waals surface area (Å²) in [5.74, 6) is -1.14. The molecule has 1 aromatic carbocycles. The van der Waals surface area contributed by atoms with Crippen LogP contribution in [0.2, 0.25) is 0 Å². The molecule has 0 atom stereocenters. The number of aryl methyl sites for hydroxylation is 2. The fourth-order valence-electron chi connectivity index (χ4n) is 4.72. The first-order valence-corrected chi connectivity index (χ1v) is 11.5. The van der Waals surface area contributed by atoms with Gasteiger partial charge in [-0.25, -0.2) is 4.79 Å². The van der Waals surface area contributed by atoms with Crippen LogP contribution < -0.4 is 5.32 Å². The molecule has 1 amide bonds. The quantitative estimate of drug-likeness (QED) is 0.504. The van der Waals surface area contributed by atoms with Gasteiger partial charge in [0.05, 0.1) is 34.7 Å². The monoisotopic (exact) mass is 479 g/mol. The van der Waals surface area contributed by atoms with Crippen LogP contribution >= 0.6 is 0 Å². The average Bonchev–Trinajstić information content (AvgIpc) is 3.10. The SMILES string of the molecule is CCc1nn(CCCOC(=O)c2ccccc2C(F)(F)F)c2c1C(=O)NCC1(CCOCC1)C2. The Kier molecular flexibility index (Phi) is 6.97. The van der Waals surface area contributed by atoms with E-state index in [1.165, 1.54) is 12.1 Å². The number of esters is 1. The minimum absolute atomic E-state index is 0.0632. The molecule has 2 aromatic rings. The Bertz CT molecular complexity index is 1060. The Morgan fingerprint density at radius 1 is 1.26 bits per heavy atom. The van der Waals surface area contributed by atoms with Gasteiger partial charge in [0, 0.05) is 32.7 Å². The lowest BCUT2D eigenvalue weighted by Gasteiger charge is -2.36. The van der Waals surface area contributed by atoms with Crippen LogP contribution in [0, 0.1) is 5.41 Å². The maximum atomic E-state index is 13.2. The summed E-state index contributed by atoms with van der Waals surface area (Å²) in [6.45, 7) is 4.14. The van der Waals surface area contributed by atoms with Gasteiger partial charge in [-0.2, -0.15) is 18.3 Å². The Labute approximate surface area is 195 Å². The highest BCUT2D eigenvalue weighted by molar-refractivity contribution is 5.97. The Hall–Kier alpha value is -2.88. The molecule has 184 valence electrons. The van der Waals surface area contributed by atoms with Crippen molar-refractivity contribution >= 4 is 11.9 Å². The van der Waals surface area contributed by atoms with Gasteiger partial charge in [0.15, 0.2) is 0 Å². The number of nitrogens with one attached hydrogen (secondary N) is 1. The molecule has 4 rings (SSSR count). The lowest BCUT2D eigenvalue weighted by atomic mass is 9.76. The molecule has 0 saturated carbocycles. The Morgan fingerprint density at radius 3 is 2.71 bits per heavy atom. The van der Waals surface area contributed by atoms with Gasteiger partial charge in [0.25, 0.3) is 5.91 Å². The first-order valence-electron chi connectivity index (χ1n) is 11.5. The molecule has 7 nitrogen and oxygen atoms in total. The molecule has 3 heterocycles. The van der Waals surface area contributed by atoms with Crippen LogP contribution in [-0.2, 0) is 35.0 Å². The van der Waals surface area contributed by atoms with Gasteiger partial charge in [0.2, 0.25) is 0 Å². The van der Waals surface area contributed by atoms with E-state index in [2.05, 4.69) is 10.4 Å². The van der Waals surface area contributed by atoms with E-state index in [0.29, 0.717) is 56.8 Å². The van der Waals surface area contributed by atoms with Crippen LogP contribution in [-0.4, -0.2) is 48.0 Å². The number of aromatic nitrogens is 2. The molecule has 0 aliphatic carbocycles.